The van der Waals surface area contributed by atoms with Crippen LogP contribution in [0.15, 0.2) is 78.9 Å². The van der Waals surface area contributed by atoms with Gasteiger partial charge < -0.3 is 0 Å². The second kappa shape index (κ2) is 6.25. The Hall–Kier alpha value is -3.52. The second-order valence-corrected chi connectivity index (χ2v) is 7.72. The zero-order valence-electron chi connectivity index (χ0n) is 16.4. The van der Waals surface area contributed by atoms with Gasteiger partial charge in [-0.1, -0.05) is 72.8 Å². The van der Waals surface area contributed by atoms with E-state index in [2.05, 4.69) is 31.2 Å². The van der Waals surface area contributed by atoms with Gasteiger partial charge in [0.05, 0.1) is 0 Å². The Balaban J connectivity index is 1.93. The molecule has 5 rings (SSSR count). The molecule has 0 aromatic heterocycles. The van der Waals surface area contributed by atoms with E-state index in [4.69, 9.17) is 0 Å². The minimum absolute atomic E-state index is 0.0260. The third-order valence-corrected chi connectivity index (χ3v) is 6.20. The van der Waals surface area contributed by atoms with Crippen LogP contribution in [0.2, 0.25) is 0 Å². The predicted molar refractivity (Wildman–Crippen MR) is 117 cm³/mol. The predicted octanol–water partition coefficient (Wildman–Crippen LogP) is 5.72. The molecular formula is C27H20O2. The third kappa shape index (κ3) is 2.29. The molecule has 0 fully saturated rings. The molecule has 0 saturated carbocycles. The number of carbonyl (C=O) groups excluding carboxylic acids is 2. The molecular weight excluding hydrogens is 356 g/mol. The zero-order valence-corrected chi connectivity index (χ0v) is 16.4. The molecule has 2 aliphatic carbocycles. The number of benzene rings is 3. The summed E-state index contributed by atoms with van der Waals surface area (Å²) in [6.45, 7) is 3.64. The van der Waals surface area contributed by atoms with Crippen molar-refractivity contribution in [2.24, 2.45) is 0 Å². The lowest BCUT2D eigenvalue weighted by Crippen LogP contribution is -2.38. The topological polar surface area (TPSA) is 34.1 Å². The van der Waals surface area contributed by atoms with Crippen molar-refractivity contribution in [3.63, 3.8) is 0 Å². The van der Waals surface area contributed by atoms with Crippen molar-refractivity contribution >= 4 is 28.8 Å². The largest absolute Gasteiger partial charge is 0.295 e. The zero-order chi connectivity index (χ0) is 20.2. The van der Waals surface area contributed by atoms with Crippen molar-refractivity contribution in [1.29, 1.82) is 0 Å². The molecule has 0 amide bonds. The van der Waals surface area contributed by atoms with Crippen LogP contribution < -0.4 is 0 Å². The van der Waals surface area contributed by atoms with E-state index in [0.29, 0.717) is 5.56 Å². The van der Waals surface area contributed by atoms with Crippen LogP contribution in [0.5, 0.6) is 0 Å². The van der Waals surface area contributed by atoms with Gasteiger partial charge in [-0.25, -0.2) is 0 Å². The van der Waals surface area contributed by atoms with Gasteiger partial charge in [0.25, 0.3) is 0 Å². The number of rotatable bonds is 2. The molecule has 2 aliphatic rings. The van der Waals surface area contributed by atoms with E-state index in [9.17, 15) is 9.59 Å². The molecule has 1 atom stereocenters. The lowest BCUT2D eigenvalue weighted by molar-refractivity contribution is -0.116. The Morgan fingerprint density at radius 1 is 0.828 bits per heavy atom. The van der Waals surface area contributed by atoms with Gasteiger partial charge in [-0.3, -0.25) is 9.59 Å². The number of ketones is 2. The van der Waals surface area contributed by atoms with Gasteiger partial charge in [-0.05, 0) is 65.0 Å². The first kappa shape index (κ1) is 17.6. The average molecular weight is 376 g/mol. The summed E-state index contributed by atoms with van der Waals surface area (Å²) < 4.78 is 0. The highest BCUT2D eigenvalue weighted by Crippen LogP contribution is 2.57. The number of hydrogen-bond donors (Lipinski definition) is 0. The van der Waals surface area contributed by atoms with Crippen molar-refractivity contribution in [3.8, 4) is 0 Å². The van der Waals surface area contributed by atoms with E-state index in [1.807, 2.05) is 54.6 Å². The minimum Gasteiger partial charge on any atom is -0.295 e. The highest BCUT2D eigenvalue weighted by Gasteiger charge is 2.52. The van der Waals surface area contributed by atoms with Crippen molar-refractivity contribution in [3.05, 3.63) is 112 Å². The SMILES string of the molecule is CC(=O)c1ccc2c(c1)C(C)=C(c1ccccc1)C21C(=O)C=Cc2ccccc21. The number of Topliss-reactive ketones (excluding diaryl/α,β-unsaturated/α-hetero) is 1. The summed E-state index contributed by atoms with van der Waals surface area (Å²) in [6, 6.07) is 24.0. The van der Waals surface area contributed by atoms with Crippen LogP contribution in [0.25, 0.3) is 17.2 Å². The Kier molecular flexibility index (Phi) is 3.78. The molecule has 0 bridgehead atoms. The van der Waals surface area contributed by atoms with Crippen molar-refractivity contribution in [1.82, 2.24) is 0 Å². The maximum Gasteiger partial charge on any atom is 0.175 e. The molecule has 0 radical (unpaired) electrons. The first-order valence-corrected chi connectivity index (χ1v) is 9.79. The van der Waals surface area contributed by atoms with E-state index in [0.717, 1.165) is 39.0 Å². The van der Waals surface area contributed by atoms with Crippen molar-refractivity contribution in [2.45, 2.75) is 19.3 Å². The summed E-state index contributed by atoms with van der Waals surface area (Å²) in [7, 11) is 0. The van der Waals surface area contributed by atoms with Crippen LogP contribution in [0, 0.1) is 0 Å². The highest BCUT2D eigenvalue weighted by atomic mass is 16.1. The molecule has 29 heavy (non-hydrogen) atoms. The number of fused-ring (bicyclic) bond motifs is 4. The fourth-order valence-corrected chi connectivity index (χ4v) is 4.93. The third-order valence-electron chi connectivity index (χ3n) is 6.20. The summed E-state index contributed by atoms with van der Waals surface area (Å²) in [6.07, 6.45) is 3.61. The van der Waals surface area contributed by atoms with E-state index in [1.165, 1.54) is 0 Å². The Labute approximate surface area is 170 Å². The monoisotopic (exact) mass is 376 g/mol. The molecule has 1 spiro atoms. The molecule has 0 heterocycles. The quantitative estimate of drug-likeness (QED) is 0.537. The number of hydrogen-bond acceptors (Lipinski definition) is 2. The summed E-state index contributed by atoms with van der Waals surface area (Å²) in [5.41, 5.74) is 6.86. The van der Waals surface area contributed by atoms with Crippen LogP contribution in [-0.2, 0) is 10.2 Å². The van der Waals surface area contributed by atoms with E-state index in [-0.39, 0.29) is 11.6 Å². The van der Waals surface area contributed by atoms with Crippen LogP contribution in [0.4, 0.5) is 0 Å². The van der Waals surface area contributed by atoms with Crippen LogP contribution in [0.3, 0.4) is 0 Å². The fourth-order valence-electron chi connectivity index (χ4n) is 4.93. The van der Waals surface area contributed by atoms with E-state index < -0.39 is 5.41 Å². The van der Waals surface area contributed by atoms with E-state index >= 15 is 0 Å². The summed E-state index contributed by atoms with van der Waals surface area (Å²) in [4.78, 5) is 25.7. The smallest absolute Gasteiger partial charge is 0.175 e. The minimum atomic E-state index is -0.887. The average Bonchev–Trinajstić information content (AvgIpc) is 3.01. The van der Waals surface area contributed by atoms with Crippen LogP contribution in [0.1, 0.15) is 52.0 Å². The summed E-state index contributed by atoms with van der Waals surface area (Å²) in [5.74, 6) is 0.0850. The molecule has 3 aromatic carbocycles. The molecule has 140 valence electrons. The number of carbonyl (C=O) groups is 2. The standard InChI is InChI=1S/C27H20O2/c1-17-22-16-21(18(2)28)12-14-24(22)27(26(17)20-9-4-3-5-10-20)23-11-7-6-8-19(23)13-15-25(27)29/h3-16H,1-2H3. The maximum atomic E-state index is 13.7. The molecule has 2 nitrogen and oxygen atoms in total. The van der Waals surface area contributed by atoms with Crippen molar-refractivity contribution in [2.75, 3.05) is 0 Å². The molecule has 1 unspecified atom stereocenters. The van der Waals surface area contributed by atoms with Crippen LogP contribution in [-0.4, -0.2) is 11.6 Å². The highest BCUT2D eigenvalue weighted by molar-refractivity contribution is 6.23. The van der Waals surface area contributed by atoms with Gasteiger partial charge >= 0.3 is 0 Å². The van der Waals surface area contributed by atoms with Gasteiger partial charge in [0.2, 0.25) is 0 Å². The first-order valence-electron chi connectivity index (χ1n) is 9.79. The summed E-state index contributed by atoms with van der Waals surface area (Å²) >= 11 is 0. The number of allylic oxidation sites excluding steroid dienone is 3. The Morgan fingerprint density at radius 3 is 2.31 bits per heavy atom. The molecule has 0 aliphatic heterocycles. The van der Waals surface area contributed by atoms with Gasteiger partial charge in [-0.15, -0.1) is 0 Å². The Morgan fingerprint density at radius 2 is 1.55 bits per heavy atom. The van der Waals surface area contributed by atoms with Gasteiger partial charge in [0, 0.05) is 5.56 Å². The second-order valence-electron chi connectivity index (χ2n) is 7.72. The molecule has 0 N–H and O–H groups in total. The van der Waals surface area contributed by atoms with Gasteiger partial charge in [0.1, 0.15) is 5.41 Å². The molecule has 2 heteroatoms. The van der Waals surface area contributed by atoms with Crippen LogP contribution >= 0.6 is 0 Å². The molecule has 0 saturated heterocycles. The maximum absolute atomic E-state index is 13.7. The Bertz CT molecular complexity index is 1240. The summed E-state index contributed by atoms with van der Waals surface area (Å²) in [5, 5.41) is 0. The lowest BCUT2D eigenvalue weighted by atomic mass is 9.63. The first-order chi connectivity index (χ1) is 14.0. The van der Waals surface area contributed by atoms with E-state index in [1.54, 1.807) is 13.0 Å². The lowest BCUT2D eigenvalue weighted by Gasteiger charge is -2.36. The molecule has 3 aromatic rings. The fraction of sp³-hybridized carbons (Fsp3) is 0.111. The normalized spacial score (nSPS) is 19.4. The van der Waals surface area contributed by atoms with Crippen molar-refractivity contribution < 1.29 is 9.59 Å². The van der Waals surface area contributed by atoms with Gasteiger partial charge in [-0.2, -0.15) is 0 Å². The van der Waals surface area contributed by atoms with Gasteiger partial charge in [0.15, 0.2) is 11.6 Å².